The Kier molecular flexibility index (Phi) is 4.31. The number of nitrogens with zero attached hydrogens (tertiary/aromatic N) is 3. The third-order valence-electron chi connectivity index (χ3n) is 4.68. The summed E-state index contributed by atoms with van der Waals surface area (Å²) in [6.45, 7) is 1.17. The van der Waals surface area contributed by atoms with Crippen molar-refractivity contribution in [3.8, 4) is 0 Å². The van der Waals surface area contributed by atoms with E-state index in [1.807, 2.05) is 47.2 Å². The van der Waals surface area contributed by atoms with E-state index >= 15 is 0 Å². The fraction of sp³-hybridized carbons (Fsp3) is 0.294. The Bertz CT molecular complexity index is 902. The van der Waals surface area contributed by atoms with Gasteiger partial charge in [-0.05, 0) is 25.1 Å². The lowest BCUT2D eigenvalue weighted by atomic mass is 9.84. The van der Waals surface area contributed by atoms with Crippen molar-refractivity contribution >= 4 is 19.2 Å². The van der Waals surface area contributed by atoms with Crippen LogP contribution in [-0.2, 0) is 14.7 Å². The molecule has 0 saturated carbocycles. The molecule has 0 amide bonds. The highest BCUT2D eigenvalue weighted by Crippen LogP contribution is 2.45. The number of pyridine rings is 1. The number of imidazole rings is 1. The van der Waals surface area contributed by atoms with Gasteiger partial charge in [0, 0.05) is 28.9 Å². The Hall–Kier alpha value is -2.18. The van der Waals surface area contributed by atoms with Gasteiger partial charge in [0.1, 0.15) is 0 Å². The van der Waals surface area contributed by atoms with Crippen molar-refractivity contribution in [2.24, 2.45) is 0 Å². The lowest BCUT2D eigenvalue weighted by molar-refractivity contribution is -0.0154. The number of rotatable bonds is 4. The second-order valence-corrected chi connectivity index (χ2v) is 6.76. The third kappa shape index (κ3) is 2.96. The number of fused-ring (bicyclic) bond motifs is 1. The highest BCUT2D eigenvalue weighted by atomic mass is 31.1. The van der Waals surface area contributed by atoms with Crippen LogP contribution in [0.25, 0.3) is 10.9 Å². The minimum Gasteiger partial charge on any atom is -0.331 e. The summed E-state index contributed by atoms with van der Waals surface area (Å²) in [6.07, 6.45) is 5.98. The molecular formula is C17H18N4O3P+. The summed E-state index contributed by atoms with van der Waals surface area (Å²) in [7, 11) is -2.80. The first-order valence-electron chi connectivity index (χ1n) is 8.09. The molecule has 25 heavy (non-hydrogen) atoms. The van der Waals surface area contributed by atoms with Gasteiger partial charge >= 0.3 is 8.25 Å². The zero-order valence-corrected chi connectivity index (χ0v) is 14.3. The van der Waals surface area contributed by atoms with Crippen molar-refractivity contribution in [3.05, 3.63) is 60.8 Å². The van der Waals surface area contributed by atoms with Crippen LogP contribution in [0.3, 0.4) is 0 Å². The molecule has 7 nitrogen and oxygen atoms in total. The SMILES string of the molecule is O=[P+](O)OC1(c2ccc3ccccc3n2)CNCCC1n1ccnc1. The minimum absolute atomic E-state index is 0.184. The van der Waals surface area contributed by atoms with Gasteiger partial charge in [0.15, 0.2) is 0 Å². The first kappa shape index (κ1) is 16.3. The number of piperidine rings is 1. The van der Waals surface area contributed by atoms with Crippen LogP contribution in [0, 0.1) is 0 Å². The molecule has 8 heteroatoms. The smallest absolute Gasteiger partial charge is 0.331 e. The Labute approximate surface area is 145 Å². The van der Waals surface area contributed by atoms with Crippen LogP contribution in [0.1, 0.15) is 18.2 Å². The molecule has 4 rings (SSSR count). The molecule has 2 aromatic heterocycles. The van der Waals surface area contributed by atoms with Crippen LogP contribution in [0.15, 0.2) is 55.1 Å². The van der Waals surface area contributed by atoms with E-state index in [0.29, 0.717) is 12.2 Å². The Balaban J connectivity index is 1.88. The van der Waals surface area contributed by atoms with Gasteiger partial charge in [-0.1, -0.05) is 24.3 Å². The Morgan fingerprint density at radius 2 is 2.20 bits per heavy atom. The fourth-order valence-corrected chi connectivity index (χ4v) is 4.11. The van der Waals surface area contributed by atoms with E-state index in [9.17, 15) is 9.46 Å². The summed E-state index contributed by atoms with van der Waals surface area (Å²) in [5.74, 6) is 0. The lowest BCUT2D eigenvalue weighted by Gasteiger charge is -2.39. The van der Waals surface area contributed by atoms with Gasteiger partial charge in [0.05, 0.1) is 23.6 Å². The predicted molar refractivity (Wildman–Crippen MR) is 93.1 cm³/mol. The number of hydrogen-bond donors (Lipinski definition) is 2. The van der Waals surface area contributed by atoms with Gasteiger partial charge in [-0.2, -0.15) is 0 Å². The maximum absolute atomic E-state index is 11.7. The van der Waals surface area contributed by atoms with Crippen LogP contribution in [0.2, 0.25) is 0 Å². The highest BCUT2D eigenvalue weighted by molar-refractivity contribution is 7.32. The molecule has 0 bridgehead atoms. The molecule has 0 spiro atoms. The molecule has 3 unspecified atom stereocenters. The number of nitrogens with one attached hydrogen (secondary N) is 1. The van der Waals surface area contributed by atoms with Crippen molar-refractivity contribution in [2.75, 3.05) is 13.1 Å². The zero-order valence-electron chi connectivity index (χ0n) is 13.4. The summed E-state index contributed by atoms with van der Waals surface area (Å²) in [5, 5.41) is 4.29. The molecule has 0 radical (unpaired) electrons. The molecule has 0 aliphatic carbocycles. The van der Waals surface area contributed by atoms with Gasteiger partial charge in [-0.3, -0.25) is 0 Å². The molecule has 1 aromatic carbocycles. The maximum atomic E-state index is 11.7. The van der Waals surface area contributed by atoms with E-state index in [0.717, 1.165) is 23.9 Å². The molecule has 3 aromatic rings. The largest absolute Gasteiger partial charge is 0.695 e. The van der Waals surface area contributed by atoms with Gasteiger partial charge in [0.2, 0.25) is 5.60 Å². The van der Waals surface area contributed by atoms with Crippen LogP contribution in [-0.4, -0.2) is 32.5 Å². The monoisotopic (exact) mass is 357 g/mol. The van der Waals surface area contributed by atoms with Crippen molar-refractivity contribution in [1.82, 2.24) is 19.9 Å². The molecule has 2 N–H and O–H groups in total. The summed E-state index contributed by atoms with van der Waals surface area (Å²) in [4.78, 5) is 18.4. The van der Waals surface area contributed by atoms with E-state index in [4.69, 9.17) is 9.51 Å². The average molecular weight is 357 g/mol. The third-order valence-corrected chi connectivity index (χ3v) is 5.16. The van der Waals surface area contributed by atoms with Crippen molar-refractivity contribution in [3.63, 3.8) is 0 Å². The van der Waals surface area contributed by atoms with E-state index in [-0.39, 0.29) is 6.04 Å². The molecule has 3 heterocycles. The van der Waals surface area contributed by atoms with E-state index in [1.165, 1.54) is 0 Å². The summed E-state index contributed by atoms with van der Waals surface area (Å²) >= 11 is 0. The van der Waals surface area contributed by atoms with Crippen molar-refractivity contribution in [2.45, 2.75) is 18.1 Å². The first-order valence-corrected chi connectivity index (χ1v) is 9.22. The number of para-hydroxylation sites is 1. The fourth-order valence-electron chi connectivity index (χ4n) is 3.55. The average Bonchev–Trinajstić information content (AvgIpc) is 3.15. The van der Waals surface area contributed by atoms with E-state index in [1.54, 1.807) is 12.5 Å². The molecule has 1 aliphatic rings. The number of benzene rings is 1. The van der Waals surface area contributed by atoms with Gasteiger partial charge in [0.25, 0.3) is 0 Å². The number of aromatic nitrogens is 3. The molecule has 3 atom stereocenters. The summed E-state index contributed by atoms with van der Waals surface area (Å²) in [5.41, 5.74) is 0.408. The second-order valence-electron chi connectivity index (χ2n) is 6.10. The summed E-state index contributed by atoms with van der Waals surface area (Å²) in [6, 6.07) is 11.4. The Morgan fingerprint density at radius 1 is 1.32 bits per heavy atom. The molecule has 128 valence electrons. The maximum Gasteiger partial charge on any atom is 0.695 e. The van der Waals surface area contributed by atoms with Gasteiger partial charge in [-0.25, -0.2) is 9.97 Å². The van der Waals surface area contributed by atoms with Crippen LogP contribution >= 0.6 is 8.25 Å². The zero-order chi connectivity index (χ0) is 17.3. The predicted octanol–water partition coefficient (Wildman–Crippen LogP) is 2.53. The second kappa shape index (κ2) is 6.61. The van der Waals surface area contributed by atoms with Crippen LogP contribution in [0.4, 0.5) is 0 Å². The standard InChI is InChI=1S/C17H17N4O3P/c22-25(23)24-17(11-18-8-7-16(17)21-10-9-19-12-21)15-6-5-13-3-1-2-4-14(13)20-15/h1-6,9-10,12,16,18H,7-8,11H2/p+1. The molecular weight excluding hydrogens is 339 g/mol. The van der Waals surface area contributed by atoms with Crippen LogP contribution in [0.5, 0.6) is 0 Å². The first-order chi connectivity index (χ1) is 12.2. The van der Waals surface area contributed by atoms with Gasteiger partial charge < -0.3 is 9.88 Å². The topological polar surface area (TPSA) is 89.3 Å². The van der Waals surface area contributed by atoms with E-state index in [2.05, 4.69) is 10.3 Å². The molecule has 1 saturated heterocycles. The highest BCUT2D eigenvalue weighted by Gasteiger charge is 2.52. The molecule has 1 fully saturated rings. The lowest BCUT2D eigenvalue weighted by Crippen LogP contribution is -2.51. The number of hydrogen-bond acceptors (Lipinski definition) is 5. The van der Waals surface area contributed by atoms with Crippen molar-refractivity contribution < 1.29 is 14.0 Å². The summed E-state index contributed by atoms with van der Waals surface area (Å²) < 4.78 is 19.2. The van der Waals surface area contributed by atoms with Gasteiger partial charge in [-0.15, -0.1) is 9.42 Å². The minimum atomic E-state index is -2.80. The Morgan fingerprint density at radius 3 is 3.00 bits per heavy atom. The van der Waals surface area contributed by atoms with E-state index < -0.39 is 13.9 Å². The molecule has 1 aliphatic heterocycles. The van der Waals surface area contributed by atoms with Crippen LogP contribution < -0.4 is 5.32 Å². The van der Waals surface area contributed by atoms with Crippen molar-refractivity contribution in [1.29, 1.82) is 0 Å². The quantitative estimate of drug-likeness (QED) is 0.698. The normalized spacial score (nSPS) is 24.4.